The highest BCUT2D eigenvalue weighted by Crippen LogP contribution is 2.17. The Kier molecular flexibility index (Phi) is 13.1. The summed E-state index contributed by atoms with van der Waals surface area (Å²) in [4.78, 5) is 8.94. The van der Waals surface area contributed by atoms with Gasteiger partial charge in [0, 0.05) is 25.6 Å². The van der Waals surface area contributed by atoms with Crippen LogP contribution < -0.4 is 10.6 Å². The van der Waals surface area contributed by atoms with E-state index in [4.69, 9.17) is 9.47 Å². The molecule has 2 aromatic rings. The third kappa shape index (κ3) is 9.88. The number of halogens is 1. The van der Waals surface area contributed by atoms with Gasteiger partial charge in [0.1, 0.15) is 5.01 Å². The van der Waals surface area contributed by atoms with E-state index in [1.165, 1.54) is 5.56 Å². The highest BCUT2D eigenvalue weighted by Gasteiger charge is 2.06. The van der Waals surface area contributed by atoms with Crippen LogP contribution in [0.25, 0.3) is 0 Å². The number of benzene rings is 1. The lowest BCUT2D eigenvalue weighted by atomic mass is 10.1. The van der Waals surface area contributed by atoms with Crippen molar-refractivity contribution in [3.8, 4) is 0 Å². The lowest BCUT2D eigenvalue weighted by Crippen LogP contribution is -2.36. The van der Waals surface area contributed by atoms with Crippen LogP contribution in [0.3, 0.4) is 0 Å². The van der Waals surface area contributed by atoms with Gasteiger partial charge in [0.15, 0.2) is 5.96 Å². The summed E-state index contributed by atoms with van der Waals surface area (Å²) in [5, 5.41) is 9.87. The van der Waals surface area contributed by atoms with Crippen LogP contribution in [0.5, 0.6) is 0 Å². The van der Waals surface area contributed by atoms with Gasteiger partial charge >= 0.3 is 0 Å². The van der Waals surface area contributed by atoms with E-state index < -0.39 is 0 Å². The monoisotopic (exact) mass is 532 g/mol. The maximum absolute atomic E-state index is 5.64. The molecule has 6 nitrogen and oxygen atoms in total. The van der Waals surface area contributed by atoms with Crippen LogP contribution in [-0.2, 0) is 29.2 Å². The summed E-state index contributed by atoms with van der Waals surface area (Å²) in [5.41, 5.74) is 3.48. The fourth-order valence-corrected chi connectivity index (χ4v) is 3.41. The van der Waals surface area contributed by atoms with Crippen molar-refractivity contribution in [1.29, 1.82) is 0 Å². The molecule has 0 aliphatic rings. The van der Waals surface area contributed by atoms with Gasteiger partial charge in [0.25, 0.3) is 0 Å². The molecule has 0 bridgehead atoms. The largest absolute Gasteiger partial charge is 0.379 e. The predicted octanol–water partition coefficient (Wildman–Crippen LogP) is 4.30. The van der Waals surface area contributed by atoms with Gasteiger partial charge in [0.2, 0.25) is 0 Å². The van der Waals surface area contributed by atoms with Gasteiger partial charge in [-0.15, -0.1) is 35.3 Å². The number of aliphatic imine (C=N–C) groups is 1. The summed E-state index contributed by atoms with van der Waals surface area (Å²) in [5.74, 6) is 1.22. The van der Waals surface area contributed by atoms with Crippen molar-refractivity contribution in [3.05, 3.63) is 51.5 Å². The average Bonchev–Trinajstić information content (AvgIpc) is 3.18. The average molecular weight is 532 g/mol. The molecule has 1 heterocycles. The smallest absolute Gasteiger partial charge is 0.191 e. The number of ether oxygens (including phenoxy) is 2. The number of guanidine groups is 1. The maximum Gasteiger partial charge on any atom is 0.191 e. The molecule has 0 saturated heterocycles. The summed E-state index contributed by atoms with van der Waals surface area (Å²) in [7, 11) is 1.78. The summed E-state index contributed by atoms with van der Waals surface area (Å²) < 4.78 is 10.9. The molecule has 0 saturated carbocycles. The number of nitrogens with zero attached hydrogens (tertiary/aromatic N) is 2. The summed E-state index contributed by atoms with van der Waals surface area (Å²) >= 11 is 1.68. The first-order valence-electron chi connectivity index (χ1n) is 9.74. The standard InChI is InChI=1S/C21H32N4O2S.HI/c1-5-26-9-10-27-14-18-8-6-7-17(11-18)12-23-21(22-4)24-13-20-25-19(15-28-20)16(2)3;/h6-8,11,15-16H,5,9-10,12-14H2,1-4H3,(H2,22,23,24);1H. The first-order chi connectivity index (χ1) is 13.6. The van der Waals surface area contributed by atoms with Crippen LogP contribution in [0.4, 0.5) is 0 Å². The van der Waals surface area contributed by atoms with E-state index in [0.29, 0.717) is 38.8 Å². The van der Waals surface area contributed by atoms with Gasteiger partial charge in [-0.25, -0.2) is 4.98 Å². The van der Waals surface area contributed by atoms with E-state index >= 15 is 0 Å². The topological polar surface area (TPSA) is 67.8 Å². The third-order valence-electron chi connectivity index (χ3n) is 4.09. The van der Waals surface area contributed by atoms with E-state index in [-0.39, 0.29) is 24.0 Å². The number of nitrogens with one attached hydrogen (secondary N) is 2. The van der Waals surface area contributed by atoms with Gasteiger partial charge in [-0.3, -0.25) is 4.99 Å². The Morgan fingerprint density at radius 3 is 2.55 bits per heavy atom. The van der Waals surface area contributed by atoms with E-state index in [9.17, 15) is 0 Å². The molecule has 0 atom stereocenters. The molecule has 162 valence electrons. The van der Waals surface area contributed by atoms with Gasteiger partial charge < -0.3 is 20.1 Å². The highest BCUT2D eigenvalue weighted by atomic mass is 127. The second-order valence-electron chi connectivity index (χ2n) is 6.67. The van der Waals surface area contributed by atoms with Gasteiger partial charge in [-0.1, -0.05) is 38.1 Å². The van der Waals surface area contributed by atoms with Crippen LogP contribution in [-0.4, -0.2) is 37.8 Å². The third-order valence-corrected chi connectivity index (χ3v) is 4.95. The van der Waals surface area contributed by atoms with Gasteiger partial charge in [-0.2, -0.15) is 0 Å². The molecule has 0 radical (unpaired) electrons. The molecule has 0 aliphatic carbocycles. The fourth-order valence-electron chi connectivity index (χ4n) is 2.52. The molecule has 0 spiro atoms. The first kappa shape index (κ1) is 25.8. The first-order valence-corrected chi connectivity index (χ1v) is 10.6. The molecule has 1 aromatic carbocycles. The number of thiazole rings is 1. The zero-order chi connectivity index (χ0) is 20.2. The van der Waals surface area contributed by atoms with E-state index in [0.717, 1.165) is 28.8 Å². The van der Waals surface area contributed by atoms with Crippen LogP contribution in [0.1, 0.15) is 48.5 Å². The maximum atomic E-state index is 5.64. The minimum absolute atomic E-state index is 0. The van der Waals surface area contributed by atoms with Crippen molar-refractivity contribution in [3.63, 3.8) is 0 Å². The Hall–Kier alpha value is -1.23. The molecule has 0 fully saturated rings. The van der Waals surface area contributed by atoms with Crippen molar-refractivity contribution >= 4 is 41.3 Å². The van der Waals surface area contributed by atoms with E-state index in [1.807, 2.05) is 6.92 Å². The van der Waals surface area contributed by atoms with Crippen LogP contribution in [0.15, 0.2) is 34.6 Å². The minimum atomic E-state index is 0. The second kappa shape index (κ2) is 14.7. The number of rotatable bonds is 11. The van der Waals surface area contributed by atoms with Crippen molar-refractivity contribution < 1.29 is 9.47 Å². The van der Waals surface area contributed by atoms with Gasteiger partial charge in [0.05, 0.1) is 32.1 Å². The minimum Gasteiger partial charge on any atom is -0.379 e. The van der Waals surface area contributed by atoms with Crippen LogP contribution in [0.2, 0.25) is 0 Å². The second-order valence-corrected chi connectivity index (χ2v) is 7.61. The number of hydrogen-bond acceptors (Lipinski definition) is 5. The Bertz CT molecular complexity index is 737. The molecule has 1 aromatic heterocycles. The van der Waals surface area contributed by atoms with Crippen molar-refractivity contribution in [2.45, 2.75) is 46.4 Å². The van der Waals surface area contributed by atoms with E-state index in [1.54, 1.807) is 18.4 Å². The Labute approximate surface area is 195 Å². The summed E-state index contributed by atoms with van der Waals surface area (Å²) in [6.07, 6.45) is 0. The summed E-state index contributed by atoms with van der Waals surface area (Å²) in [6, 6.07) is 8.37. The molecule has 0 amide bonds. The van der Waals surface area contributed by atoms with Gasteiger partial charge in [-0.05, 0) is 24.0 Å². The summed E-state index contributed by atoms with van der Waals surface area (Å²) in [6.45, 7) is 10.2. The molecule has 8 heteroatoms. The molecular formula is C21H33IN4O2S. The lowest BCUT2D eigenvalue weighted by molar-refractivity contribution is 0.0453. The Balaban J connectivity index is 0.00000420. The normalized spacial score (nSPS) is 11.4. The molecule has 2 rings (SSSR count). The molecule has 0 unspecified atom stereocenters. The van der Waals surface area contributed by atoms with Crippen molar-refractivity contribution in [1.82, 2.24) is 15.6 Å². The molecule has 0 aliphatic heterocycles. The highest BCUT2D eigenvalue weighted by molar-refractivity contribution is 14.0. The predicted molar refractivity (Wildman–Crippen MR) is 131 cm³/mol. The van der Waals surface area contributed by atoms with Crippen molar-refractivity contribution in [2.75, 3.05) is 26.9 Å². The van der Waals surface area contributed by atoms with E-state index in [2.05, 4.69) is 64.1 Å². The number of hydrogen-bond donors (Lipinski definition) is 2. The van der Waals surface area contributed by atoms with Crippen LogP contribution in [0, 0.1) is 0 Å². The fraction of sp³-hybridized carbons (Fsp3) is 0.524. The molecular weight excluding hydrogens is 499 g/mol. The van der Waals surface area contributed by atoms with Crippen molar-refractivity contribution in [2.24, 2.45) is 4.99 Å². The number of aromatic nitrogens is 1. The zero-order valence-electron chi connectivity index (χ0n) is 17.7. The SMILES string of the molecule is CCOCCOCc1cccc(CNC(=NC)NCc2nc(C(C)C)cs2)c1.I. The lowest BCUT2D eigenvalue weighted by Gasteiger charge is -2.12. The molecule has 29 heavy (non-hydrogen) atoms. The van der Waals surface area contributed by atoms with Crippen LogP contribution >= 0.6 is 35.3 Å². The Morgan fingerprint density at radius 2 is 1.86 bits per heavy atom. The quantitative estimate of drug-likeness (QED) is 0.196. The zero-order valence-corrected chi connectivity index (χ0v) is 20.9. The molecule has 2 N–H and O–H groups in total. The Morgan fingerprint density at radius 1 is 1.14 bits per heavy atom.